The minimum absolute atomic E-state index is 0. The Morgan fingerprint density at radius 3 is 2.88 bits per heavy atom. The largest absolute Gasteiger partial charge is 0.356 e. The Hall–Kier alpha value is -0.630. The van der Waals surface area contributed by atoms with E-state index in [0.29, 0.717) is 0 Å². The van der Waals surface area contributed by atoms with Gasteiger partial charge in [0.2, 0.25) is 0 Å². The molecule has 17 heavy (non-hydrogen) atoms. The van der Waals surface area contributed by atoms with E-state index in [1.807, 2.05) is 6.92 Å². The summed E-state index contributed by atoms with van der Waals surface area (Å²) in [5.74, 6) is 0.798. The molecule has 0 atom stereocenters. The number of halogens is 1. The smallest absolute Gasteiger partial charge is 0.191 e. The SMILES string of the molecule is C=CCNC(=NC)NCCc1csc(C)n1.I. The molecule has 1 aromatic heterocycles. The van der Waals surface area contributed by atoms with Gasteiger partial charge < -0.3 is 10.6 Å². The average molecular weight is 366 g/mol. The Labute approximate surface area is 124 Å². The highest BCUT2D eigenvalue weighted by atomic mass is 127. The minimum Gasteiger partial charge on any atom is -0.356 e. The van der Waals surface area contributed by atoms with E-state index >= 15 is 0 Å². The maximum absolute atomic E-state index is 4.40. The molecule has 0 amide bonds. The van der Waals surface area contributed by atoms with Crippen LogP contribution in [-0.4, -0.2) is 31.1 Å². The highest BCUT2D eigenvalue weighted by Gasteiger charge is 1.99. The van der Waals surface area contributed by atoms with Crippen molar-refractivity contribution in [3.8, 4) is 0 Å². The van der Waals surface area contributed by atoms with Crippen LogP contribution in [0.15, 0.2) is 23.0 Å². The van der Waals surface area contributed by atoms with Crippen molar-refractivity contribution in [3.63, 3.8) is 0 Å². The summed E-state index contributed by atoms with van der Waals surface area (Å²) >= 11 is 1.68. The van der Waals surface area contributed by atoms with Gasteiger partial charge in [0.25, 0.3) is 0 Å². The summed E-state index contributed by atoms with van der Waals surface area (Å²) in [4.78, 5) is 8.49. The van der Waals surface area contributed by atoms with Crippen LogP contribution in [0.25, 0.3) is 0 Å². The molecule has 0 aliphatic heterocycles. The number of aryl methyl sites for hydroxylation is 1. The van der Waals surface area contributed by atoms with E-state index in [1.54, 1.807) is 24.5 Å². The lowest BCUT2D eigenvalue weighted by molar-refractivity contribution is 0.808. The fraction of sp³-hybridized carbons (Fsp3) is 0.455. The van der Waals surface area contributed by atoms with E-state index in [-0.39, 0.29) is 24.0 Å². The summed E-state index contributed by atoms with van der Waals surface area (Å²) in [5.41, 5.74) is 1.13. The van der Waals surface area contributed by atoms with Gasteiger partial charge in [-0.3, -0.25) is 4.99 Å². The highest BCUT2D eigenvalue weighted by Crippen LogP contribution is 2.07. The van der Waals surface area contributed by atoms with Crippen LogP contribution >= 0.6 is 35.3 Å². The zero-order chi connectivity index (χ0) is 11.8. The van der Waals surface area contributed by atoms with E-state index in [2.05, 4.69) is 32.6 Å². The van der Waals surface area contributed by atoms with Crippen LogP contribution < -0.4 is 10.6 Å². The van der Waals surface area contributed by atoms with Crippen molar-refractivity contribution in [2.75, 3.05) is 20.1 Å². The summed E-state index contributed by atoms with van der Waals surface area (Å²) in [5, 5.41) is 9.54. The first-order valence-corrected chi connectivity index (χ1v) is 6.10. The number of aromatic nitrogens is 1. The minimum atomic E-state index is 0. The van der Waals surface area contributed by atoms with Crippen molar-refractivity contribution in [2.24, 2.45) is 4.99 Å². The Kier molecular flexibility index (Phi) is 9.06. The first kappa shape index (κ1) is 16.4. The molecule has 0 saturated heterocycles. The standard InChI is InChI=1S/C11H18N4S.HI/c1-4-6-13-11(12-3)14-7-5-10-8-16-9(2)15-10;/h4,8H,1,5-7H2,2-3H3,(H2,12,13,14);1H. The van der Waals surface area contributed by atoms with Gasteiger partial charge in [0, 0.05) is 31.9 Å². The van der Waals surface area contributed by atoms with E-state index in [1.165, 1.54) is 0 Å². The molecule has 0 aliphatic carbocycles. The lowest BCUT2D eigenvalue weighted by Crippen LogP contribution is -2.38. The van der Waals surface area contributed by atoms with Gasteiger partial charge in [-0.05, 0) is 6.92 Å². The Balaban J connectivity index is 0.00000256. The average Bonchev–Trinajstić information content (AvgIpc) is 2.69. The van der Waals surface area contributed by atoms with Crippen molar-refractivity contribution in [2.45, 2.75) is 13.3 Å². The van der Waals surface area contributed by atoms with E-state index in [9.17, 15) is 0 Å². The second-order valence-electron chi connectivity index (χ2n) is 3.28. The molecule has 0 radical (unpaired) electrons. The number of hydrogen-bond acceptors (Lipinski definition) is 3. The summed E-state index contributed by atoms with van der Waals surface area (Å²) in [6.07, 6.45) is 2.72. The molecular weight excluding hydrogens is 347 g/mol. The van der Waals surface area contributed by atoms with Crippen LogP contribution in [0.4, 0.5) is 0 Å². The molecule has 1 rings (SSSR count). The van der Waals surface area contributed by atoms with Gasteiger partial charge in [0.15, 0.2) is 5.96 Å². The molecule has 0 aliphatic rings. The summed E-state index contributed by atoms with van der Waals surface area (Å²) < 4.78 is 0. The van der Waals surface area contributed by atoms with Gasteiger partial charge in [-0.1, -0.05) is 6.08 Å². The lowest BCUT2D eigenvalue weighted by atomic mass is 10.3. The third-order valence-electron chi connectivity index (χ3n) is 1.98. The second-order valence-corrected chi connectivity index (χ2v) is 4.34. The van der Waals surface area contributed by atoms with Gasteiger partial charge >= 0.3 is 0 Å². The fourth-order valence-electron chi connectivity index (χ4n) is 1.22. The zero-order valence-electron chi connectivity index (χ0n) is 10.2. The van der Waals surface area contributed by atoms with Gasteiger partial charge in [-0.2, -0.15) is 0 Å². The molecule has 0 fully saturated rings. The van der Waals surface area contributed by atoms with Crippen LogP contribution in [0.2, 0.25) is 0 Å². The van der Waals surface area contributed by atoms with Crippen molar-refractivity contribution in [3.05, 3.63) is 28.7 Å². The monoisotopic (exact) mass is 366 g/mol. The Bertz CT molecular complexity index is 362. The van der Waals surface area contributed by atoms with E-state index in [0.717, 1.165) is 36.2 Å². The lowest BCUT2D eigenvalue weighted by Gasteiger charge is -2.09. The summed E-state index contributed by atoms with van der Waals surface area (Å²) in [6.45, 7) is 7.21. The van der Waals surface area contributed by atoms with E-state index < -0.39 is 0 Å². The number of guanidine groups is 1. The maximum Gasteiger partial charge on any atom is 0.191 e. The first-order valence-electron chi connectivity index (χ1n) is 5.22. The van der Waals surface area contributed by atoms with Crippen LogP contribution in [0, 0.1) is 6.92 Å². The maximum atomic E-state index is 4.40. The molecule has 1 aromatic rings. The molecular formula is C11H19IN4S. The number of hydrogen-bond donors (Lipinski definition) is 2. The molecule has 4 nitrogen and oxygen atoms in total. The number of thiazole rings is 1. The van der Waals surface area contributed by atoms with Crippen LogP contribution in [-0.2, 0) is 6.42 Å². The predicted molar refractivity (Wildman–Crippen MR) is 85.5 cm³/mol. The third kappa shape index (κ3) is 6.62. The zero-order valence-corrected chi connectivity index (χ0v) is 13.3. The van der Waals surface area contributed by atoms with Crippen molar-refractivity contribution in [1.82, 2.24) is 15.6 Å². The predicted octanol–water partition coefficient (Wildman–Crippen LogP) is 1.96. The summed E-state index contributed by atoms with van der Waals surface area (Å²) in [7, 11) is 1.76. The molecule has 96 valence electrons. The molecule has 0 aromatic carbocycles. The molecule has 0 bridgehead atoms. The molecule has 2 N–H and O–H groups in total. The van der Waals surface area contributed by atoms with Crippen LogP contribution in [0.1, 0.15) is 10.7 Å². The third-order valence-corrected chi connectivity index (χ3v) is 2.80. The van der Waals surface area contributed by atoms with Crippen molar-refractivity contribution < 1.29 is 0 Å². The highest BCUT2D eigenvalue weighted by molar-refractivity contribution is 14.0. The van der Waals surface area contributed by atoms with Crippen molar-refractivity contribution in [1.29, 1.82) is 0 Å². The van der Waals surface area contributed by atoms with Crippen molar-refractivity contribution >= 4 is 41.3 Å². The molecule has 0 saturated carbocycles. The van der Waals surface area contributed by atoms with Gasteiger partial charge in [-0.15, -0.1) is 41.9 Å². The molecule has 0 spiro atoms. The number of nitrogens with zero attached hydrogens (tertiary/aromatic N) is 2. The quantitative estimate of drug-likeness (QED) is 0.363. The Morgan fingerprint density at radius 2 is 2.35 bits per heavy atom. The number of rotatable bonds is 5. The van der Waals surface area contributed by atoms with Gasteiger partial charge in [0.05, 0.1) is 10.7 Å². The second kappa shape index (κ2) is 9.41. The molecule has 0 unspecified atom stereocenters. The van der Waals surface area contributed by atoms with Gasteiger partial charge in [0.1, 0.15) is 0 Å². The summed E-state index contributed by atoms with van der Waals surface area (Å²) in [6, 6.07) is 0. The first-order chi connectivity index (χ1) is 7.76. The van der Waals surface area contributed by atoms with Crippen LogP contribution in [0.5, 0.6) is 0 Å². The molecule has 1 heterocycles. The topological polar surface area (TPSA) is 49.3 Å². The normalized spacial score (nSPS) is 10.6. The van der Waals surface area contributed by atoms with Gasteiger partial charge in [-0.25, -0.2) is 4.98 Å². The molecule has 6 heteroatoms. The fourth-order valence-corrected chi connectivity index (χ4v) is 1.87. The van der Waals surface area contributed by atoms with E-state index in [4.69, 9.17) is 0 Å². The van der Waals surface area contributed by atoms with Crippen LogP contribution in [0.3, 0.4) is 0 Å². The number of aliphatic imine (C=N–C) groups is 1. The Morgan fingerprint density at radius 1 is 1.59 bits per heavy atom. The number of nitrogens with one attached hydrogen (secondary N) is 2.